The molecule has 0 bridgehead atoms. The third-order valence-electron chi connectivity index (χ3n) is 4.57. The van der Waals surface area contributed by atoms with Crippen molar-refractivity contribution in [1.29, 1.82) is 0 Å². The number of hydrogen-bond acceptors (Lipinski definition) is 4. The van der Waals surface area contributed by atoms with Crippen LogP contribution in [0.1, 0.15) is 22.8 Å². The van der Waals surface area contributed by atoms with E-state index in [1.807, 2.05) is 13.8 Å². The summed E-state index contributed by atoms with van der Waals surface area (Å²) < 4.78 is 5.39. The first-order valence-electron chi connectivity index (χ1n) is 10.00. The van der Waals surface area contributed by atoms with Crippen molar-refractivity contribution in [2.45, 2.75) is 13.8 Å². The fraction of sp³-hybridized carbons (Fsp3) is 0.167. The first-order valence-corrected chi connectivity index (χ1v) is 10.8. The Kier molecular flexibility index (Phi) is 7.98. The summed E-state index contributed by atoms with van der Waals surface area (Å²) in [6, 6.07) is 17.4. The molecule has 0 radical (unpaired) electrons. The van der Waals surface area contributed by atoms with E-state index < -0.39 is 0 Å². The number of hydrogen-bond donors (Lipinski definition) is 3. The summed E-state index contributed by atoms with van der Waals surface area (Å²) in [5.74, 6) is 0.218. The third-order valence-corrected chi connectivity index (χ3v) is 5.37. The lowest BCUT2D eigenvalue weighted by Crippen LogP contribution is -2.22. The molecule has 0 aromatic heterocycles. The Morgan fingerprint density at radius 3 is 2.19 bits per heavy atom. The summed E-state index contributed by atoms with van der Waals surface area (Å²) in [7, 11) is 0. The molecule has 0 saturated carbocycles. The molecule has 0 aliphatic carbocycles. The molecule has 32 heavy (non-hydrogen) atoms. The van der Waals surface area contributed by atoms with Crippen molar-refractivity contribution >= 4 is 52.1 Å². The number of carbonyl (C=O) groups excluding carboxylic acids is 2. The van der Waals surface area contributed by atoms with Gasteiger partial charge < -0.3 is 20.7 Å². The summed E-state index contributed by atoms with van der Waals surface area (Å²) in [5, 5.41) is 9.35. The second-order valence-corrected chi connectivity index (χ2v) is 7.73. The third kappa shape index (κ3) is 6.15. The summed E-state index contributed by atoms with van der Waals surface area (Å²) in [5.41, 5.74) is 3.07. The predicted octanol–water partition coefficient (Wildman–Crippen LogP) is 6.00. The maximum absolute atomic E-state index is 12.4. The number of halogens is 2. The number of carbonyl (C=O) groups is 2. The van der Waals surface area contributed by atoms with Crippen molar-refractivity contribution in [3.63, 3.8) is 0 Å². The molecule has 0 fully saturated rings. The van der Waals surface area contributed by atoms with Crippen LogP contribution in [0.5, 0.6) is 5.75 Å². The van der Waals surface area contributed by atoms with Crippen molar-refractivity contribution < 1.29 is 14.3 Å². The molecule has 0 aliphatic rings. The SMILES string of the molecule is CCOc1ccc(NC(=O)c2ccc(NCC(=O)Nc3c(Cl)ccc(C)c3Cl)cc2)cc1. The highest BCUT2D eigenvalue weighted by Gasteiger charge is 2.12. The average molecular weight is 472 g/mol. The monoisotopic (exact) mass is 471 g/mol. The number of amides is 2. The van der Waals surface area contributed by atoms with Crippen LogP contribution in [0.3, 0.4) is 0 Å². The van der Waals surface area contributed by atoms with E-state index in [1.165, 1.54) is 0 Å². The standard InChI is InChI=1S/C24H23Cl2N3O3/c1-3-32-19-11-9-18(10-12-19)28-24(31)16-5-7-17(8-6-16)27-14-21(30)29-23-20(25)13-4-15(2)22(23)26/h4-13,27H,3,14H2,1-2H3,(H,28,31)(H,29,30). The van der Waals surface area contributed by atoms with E-state index in [0.717, 1.165) is 11.3 Å². The van der Waals surface area contributed by atoms with Gasteiger partial charge in [0, 0.05) is 16.9 Å². The van der Waals surface area contributed by atoms with Gasteiger partial charge in [-0.05, 0) is 74.0 Å². The first kappa shape index (κ1) is 23.4. The van der Waals surface area contributed by atoms with Crippen LogP contribution in [-0.4, -0.2) is 25.0 Å². The fourth-order valence-corrected chi connectivity index (χ4v) is 3.35. The van der Waals surface area contributed by atoms with Crippen LogP contribution in [0.4, 0.5) is 17.1 Å². The molecule has 3 aromatic rings. The maximum atomic E-state index is 12.4. The molecule has 3 N–H and O–H groups in total. The van der Waals surface area contributed by atoms with Gasteiger partial charge in [-0.15, -0.1) is 0 Å². The van der Waals surface area contributed by atoms with Gasteiger partial charge >= 0.3 is 0 Å². The summed E-state index contributed by atoms with van der Waals surface area (Å²) in [6.45, 7) is 4.34. The van der Waals surface area contributed by atoms with Crippen LogP contribution in [0.2, 0.25) is 10.0 Å². The van der Waals surface area contributed by atoms with Crippen LogP contribution < -0.4 is 20.7 Å². The molecule has 8 heteroatoms. The molecule has 0 spiro atoms. The van der Waals surface area contributed by atoms with E-state index in [9.17, 15) is 9.59 Å². The van der Waals surface area contributed by atoms with E-state index in [0.29, 0.717) is 39.3 Å². The zero-order chi connectivity index (χ0) is 23.1. The maximum Gasteiger partial charge on any atom is 0.255 e. The predicted molar refractivity (Wildman–Crippen MR) is 130 cm³/mol. The Morgan fingerprint density at radius 1 is 0.875 bits per heavy atom. The lowest BCUT2D eigenvalue weighted by molar-refractivity contribution is -0.114. The van der Waals surface area contributed by atoms with Gasteiger partial charge in [0.25, 0.3) is 5.91 Å². The van der Waals surface area contributed by atoms with E-state index in [1.54, 1.807) is 60.7 Å². The second-order valence-electron chi connectivity index (χ2n) is 6.94. The van der Waals surface area contributed by atoms with Crippen LogP contribution in [0, 0.1) is 6.92 Å². The van der Waals surface area contributed by atoms with Crippen LogP contribution >= 0.6 is 23.2 Å². The number of ether oxygens (including phenoxy) is 1. The van der Waals surface area contributed by atoms with Gasteiger partial charge in [-0.25, -0.2) is 0 Å². The van der Waals surface area contributed by atoms with E-state index in [2.05, 4.69) is 16.0 Å². The number of benzene rings is 3. The molecule has 0 atom stereocenters. The molecule has 0 aliphatic heterocycles. The van der Waals surface area contributed by atoms with Crippen molar-refractivity contribution in [3.8, 4) is 5.75 Å². The zero-order valence-corrected chi connectivity index (χ0v) is 19.2. The molecule has 0 unspecified atom stereocenters. The van der Waals surface area contributed by atoms with Gasteiger partial charge in [0.05, 0.1) is 28.9 Å². The van der Waals surface area contributed by atoms with Crippen molar-refractivity contribution in [2.75, 3.05) is 29.1 Å². The summed E-state index contributed by atoms with van der Waals surface area (Å²) in [4.78, 5) is 24.7. The Labute approximate surface area is 196 Å². The van der Waals surface area contributed by atoms with Crippen molar-refractivity contribution in [2.24, 2.45) is 0 Å². The Balaban J connectivity index is 1.53. The van der Waals surface area contributed by atoms with Gasteiger partial charge in [0.15, 0.2) is 0 Å². The summed E-state index contributed by atoms with van der Waals surface area (Å²) >= 11 is 12.3. The zero-order valence-electron chi connectivity index (χ0n) is 17.7. The molecule has 2 amide bonds. The summed E-state index contributed by atoms with van der Waals surface area (Å²) in [6.07, 6.45) is 0. The van der Waals surface area contributed by atoms with Crippen molar-refractivity contribution in [3.05, 3.63) is 81.8 Å². The van der Waals surface area contributed by atoms with Crippen LogP contribution in [0.25, 0.3) is 0 Å². The smallest absolute Gasteiger partial charge is 0.255 e. The largest absolute Gasteiger partial charge is 0.494 e. The van der Waals surface area contributed by atoms with Gasteiger partial charge in [0.2, 0.25) is 5.91 Å². The molecule has 166 valence electrons. The minimum absolute atomic E-state index is 0.0122. The molecular weight excluding hydrogens is 449 g/mol. The highest BCUT2D eigenvalue weighted by atomic mass is 35.5. The lowest BCUT2D eigenvalue weighted by Gasteiger charge is -2.12. The van der Waals surface area contributed by atoms with Gasteiger partial charge in [0.1, 0.15) is 5.75 Å². The molecular formula is C24H23Cl2N3O3. The first-order chi connectivity index (χ1) is 15.4. The number of anilines is 3. The lowest BCUT2D eigenvalue weighted by atomic mass is 10.2. The molecule has 6 nitrogen and oxygen atoms in total. The highest BCUT2D eigenvalue weighted by molar-refractivity contribution is 6.40. The topological polar surface area (TPSA) is 79.5 Å². The molecule has 0 saturated heterocycles. The molecule has 0 heterocycles. The van der Waals surface area contributed by atoms with Gasteiger partial charge in [-0.2, -0.15) is 0 Å². The van der Waals surface area contributed by atoms with Crippen LogP contribution in [-0.2, 0) is 4.79 Å². The highest BCUT2D eigenvalue weighted by Crippen LogP contribution is 2.32. The molecule has 3 rings (SSSR count). The number of aryl methyl sites for hydroxylation is 1. The second kappa shape index (κ2) is 10.9. The quantitative estimate of drug-likeness (QED) is 0.376. The Hall–Kier alpha value is -3.22. The minimum atomic E-state index is -0.295. The van der Waals surface area contributed by atoms with E-state index in [4.69, 9.17) is 27.9 Å². The van der Waals surface area contributed by atoms with Crippen LogP contribution in [0.15, 0.2) is 60.7 Å². The Morgan fingerprint density at radius 2 is 1.53 bits per heavy atom. The van der Waals surface area contributed by atoms with E-state index >= 15 is 0 Å². The number of nitrogens with one attached hydrogen (secondary N) is 3. The fourth-order valence-electron chi connectivity index (χ4n) is 2.88. The van der Waals surface area contributed by atoms with Gasteiger partial charge in [-0.1, -0.05) is 29.3 Å². The van der Waals surface area contributed by atoms with E-state index in [-0.39, 0.29) is 18.4 Å². The van der Waals surface area contributed by atoms with Gasteiger partial charge in [-0.3, -0.25) is 9.59 Å². The normalized spacial score (nSPS) is 10.4. The minimum Gasteiger partial charge on any atom is -0.494 e. The number of rotatable bonds is 8. The average Bonchev–Trinajstić information content (AvgIpc) is 2.79. The molecule has 3 aromatic carbocycles. The van der Waals surface area contributed by atoms with Crippen molar-refractivity contribution in [1.82, 2.24) is 0 Å². The Bertz CT molecular complexity index is 1100.